The molecule has 4 heteroatoms. The molecule has 0 saturated heterocycles. The van der Waals surface area contributed by atoms with Crippen LogP contribution in [-0.4, -0.2) is 4.21 Å². The second-order valence-corrected chi connectivity index (χ2v) is 6.89. The van der Waals surface area contributed by atoms with Crippen molar-refractivity contribution in [3.05, 3.63) is 90.4 Å². The maximum Gasteiger partial charge on any atom is 0.0892 e. The minimum absolute atomic E-state index is 0. The van der Waals surface area contributed by atoms with Crippen LogP contribution in [0.25, 0.3) is 0 Å². The van der Waals surface area contributed by atoms with Gasteiger partial charge in [-0.05, 0) is 70.4 Å². The molecule has 21 heavy (non-hydrogen) atoms. The molecule has 0 aromatic heterocycles. The van der Waals surface area contributed by atoms with Crippen LogP contribution in [0.1, 0.15) is 5.56 Å². The van der Waals surface area contributed by atoms with E-state index in [1.165, 1.54) is 5.56 Å². The van der Waals surface area contributed by atoms with E-state index < -0.39 is 10.8 Å². The molecule has 10 radical (unpaired) electrons. The average Bonchev–Trinajstić information content (AvgIpc) is 3.13. The maximum atomic E-state index is 12.1. The van der Waals surface area contributed by atoms with E-state index in [1.54, 1.807) is 0 Å². The van der Waals surface area contributed by atoms with Crippen LogP contribution < -0.4 is 0 Å². The van der Waals surface area contributed by atoms with Crippen LogP contribution in [0.4, 0.5) is 0 Å². The molecule has 2 aliphatic carbocycles. The third-order valence-electron chi connectivity index (χ3n) is 2.72. The summed E-state index contributed by atoms with van der Waals surface area (Å²) in [5, 5.41) is 0.902. The molecule has 0 bridgehead atoms. The van der Waals surface area contributed by atoms with Crippen molar-refractivity contribution in [3.8, 4) is 0 Å². The van der Waals surface area contributed by atoms with Gasteiger partial charge in [-0.25, -0.2) is 0 Å². The summed E-state index contributed by atoms with van der Waals surface area (Å²) >= 11 is 2.21. The van der Waals surface area contributed by atoms with Crippen LogP contribution in [0.2, 0.25) is 0 Å². The third-order valence-corrected chi connectivity index (χ3v) is 5.48. The summed E-state index contributed by atoms with van der Waals surface area (Å²) in [6, 6.07) is 7.83. The topological polar surface area (TPSA) is 17.1 Å². The van der Waals surface area contributed by atoms with Gasteiger partial charge >= 0.3 is 0 Å². The maximum absolute atomic E-state index is 12.1. The zero-order valence-electron chi connectivity index (χ0n) is 11.5. The Morgan fingerprint density at radius 2 is 1.38 bits per heavy atom. The van der Waals surface area contributed by atoms with Gasteiger partial charge < -0.3 is 0 Å². The van der Waals surface area contributed by atoms with E-state index in [0.29, 0.717) is 0 Å². The van der Waals surface area contributed by atoms with Crippen LogP contribution in [0.15, 0.2) is 29.2 Å². The Bertz CT molecular complexity index is 423. The Balaban J connectivity index is 0.000000313. The van der Waals surface area contributed by atoms with Gasteiger partial charge in [0.2, 0.25) is 0 Å². The Morgan fingerprint density at radius 3 is 1.81 bits per heavy atom. The predicted molar refractivity (Wildman–Crippen MR) is 92.5 cm³/mol. The van der Waals surface area contributed by atoms with Gasteiger partial charge in [-0.3, -0.25) is 4.21 Å². The SMILES string of the molecule is Cc1ccc([S@](=O)[C]2[CH][CH][CH][C]2I)cc1.[CH]1[CH][CH][CH][CH]1.[Fe]. The molecular weight excluding hydrogens is 435 g/mol. The van der Waals surface area contributed by atoms with Gasteiger partial charge in [0.05, 0.1) is 20.0 Å². The van der Waals surface area contributed by atoms with Crippen LogP contribution in [0.3, 0.4) is 0 Å². The van der Waals surface area contributed by atoms with Gasteiger partial charge in [0.1, 0.15) is 0 Å². The van der Waals surface area contributed by atoms with Crippen molar-refractivity contribution in [2.45, 2.75) is 11.8 Å². The molecule has 2 aliphatic rings. The largest absolute Gasteiger partial charge is 0.254 e. The van der Waals surface area contributed by atoms with E-state index in [9.17, 15) is 4.21 Å². The smallest absolute Gasteiger partial charge is 0.0892 e. The molecule has 2 fully saturated rings. The first-order chi connectivity index (χ1) is 9.68. The van der Waals surface area contributed by atoms with E-state index in [4.69, 9.17) is 0 Å². The van der Waals surface area contributed by atoms with Crippen LogP contribution >= 0.6 is 22.6 Å². The van der Waals surface area contributed by atoms with Crippen molar-refractivity contribution in [1.82, 2.24) is 0 Å². The van der Waals surface area contributed by atoms with Gasteiger partial charge in [-0.2, -0.15) is 0 Å². The first kappa shape index (κ1) is 19.7. The van der Waals surface area contributed by atoms with Crippen LogP contribution in [0.5, 0.6) is 0 Å². The Morgan fingerprint density at radius 1 is 0.857 bits per heavy atom. The number of aryl methyl sites for hydroxylation is 1. The van der Waals surface area contributed by atoms with Crippen molar-refractivity contribution in [1.29, 1.82) is 0 Å². The Hall–Kier alpha value is 0.619. The fourth-order valence-corrected chi connectivity index (χ4v) is 3.71. The van der Waals surface area contributed by atoms with Crippen molar-refractivity contribution < 1.29 is 21.3 Å². The van der Waals surface area contributed by atoms with Gasteiger partial charge in [0.25, 0.3) is 0 Å². The van der Waals surface area contributed by atoms with Crippen LogP contribution in [-0.2, 0) is 27.9 Å². The number of halogens is 1. The Labute approximate surface area is 156 Å². The summed E-state index contributed by atoms with van der Waals surface area (Å²) in [6.45, 7) is 2.03. The van der Waals surface area contributed by atoms with Gasteiger partial charge in [0, 0.05) is 22.0 Å². The molecule has 1 aromatic carbocycles. The molecule has 0 amide bonds. The molecule has 1 atom stereocenters. The van der Waals surface area contributed by atoms with E-state index >= 15 is 0 Å². The predicted octanol–water partition coefficient (Wildman–Crippen LogP) is 4.25. The summed E-state index contributed by atoms with van der Waals surface area (Å²) in [6.07, 6.45) is 15.8. The Kier molecular flexibility index (Phi) is 9.74. The number of hydrogen-bond donors (Lipinski definition) is 0. The quantitative estimate of drug-likeness (QED) is 0.487. The summed E-state index contributed by atoms with van der Waals surface area (Å²) in [5.41, 5.74) is 1.19. The molecule has 0 N–H and O–H groups in total. The van der Waals surface area contributed by atoms with Gasteiger partial charge in [0.15, 0.2) is 0 Å². The molecule has 2 saturated carbocycles. The minimum Gasteiger partial charge on any atom is -0.254 e. The molecule has 110 valence electrons. The van der Waals surface area contributed by atoms with Crippen molar-refractivity contribution in [2.24, 2.45) is 0 Å². The minimum atomic E-state index is -1.04. The van der Waals surface area contributed by atoms with Crippen LogP contribution in [0, 0.1) is 67.5 Å². The first-order valence-corrected chi connectivity index (χ1v) is 8.47. The molecule has 0 spiro atoms. The molecule has 1 aromatic rings. The summed E-state index contributed by atoms with van der Waals surface area (Å²) in [4.78, 5) is 0.865. The average molecular weight is 450 g/mol. The van der Waals surface area contributed by atoms with Gasteiger partial charge in [-0.1, -0.05) is 40.3 Å². The summed E-state index contributed by atoms with van der Waals surface area (Å²) in [5.74, 6) is 0. The second-order valence-electron chi connectivity index (χ2n) is 4.28. The fraction of sp³-hybridized carbons (Fsp3) is 0.0588. The van der Waals surface area contributed by atoms with Crippen molar-refractivity contribution in [2.75, 3.05) is 0 Å². The summed E-state index contributed by atoms with van der Waals surface area (Å²) < 4.78 is 13.2. The second kappa shape index (κ2) is 10.4. The number of rotatable bonds is 2. The van der Waals surface area contributed by atoms with Crippen molar-refractivity contribution in [3.63, 3.8) is 0 Å². The monoisotopic (exact) mass is 450 g/mol. The first-order valence-electron chi connectivity index (χ1n) is 6.25. The normalized spacial score (nSPS) is 20.5. The van der Waals surface area contributed by atoms with E-state index in [2.05, 4.69) is 22.6 Å². The van der Waals surface area contributed by atoms with E-state index in [1.807, 2.05) is 82.6 Å². The van der Waals surface area contributed by atoms with Gasteiger partial charge in [-0.15, -0.1) is 0 Å². The third kappa shape index (κ3) is 6.32. The number of hydrogen-bond acceptors (Lipinski definition) is 1. The van der Waals surface area contributed by atoms with E-state index in [-0.39, 0.29) is 17.1 Å². The molecule has 3 rings (SSSR count). The zero-order valence-corrected chi connectivity index (χ0v) is 15.6. The molecule has 0 heterocycles. The molecule has 0 aliphatic heterocycles. The number of benzene rings is 1. The molecule has 1 nitrogen and oxygen atoms in total. The zero-order chi connectivity index (χ0) is 14.4. The fourth-order valence-electron chi connectivity index (χ4n) is 1.64. The van der Waals surface area contributed by atoms with Crippen molar-refractivity contribution >= 4 is 33.4 Å². The molecule has 0 unspecified atom stereocenters. The summed E-state index contributed by atoms with van der Waals surface area (Å²) in [7, 11) is -1.04. The molecular formula is C17H15FeIOS. The standard InChI is InChI=1S/C12H10IOS.C5H5.Fe/c1-9-5-7-10(8-6-9)15(14)12-4-2-3-11(12)13;1-2-4-5-3-1;/h2-8H,1H3;1-5H;/t15-;;/m0../s1. The van der Waals surface area contributed by atoms with E-state index in [0.717, 1.165) is 14.1 Å².